The van der Waals surface area contributed by atoms with Crippen molar-refractivity contribution < 1.29 is 9.53 Å². The third-order valence-electron chi connectivity index (χ3n) is 3.70. The fourth-order valence-electron chi connectivity index (χ4n) is 2.59. The van der Waals surface area contributed by atoms with E-state index in [1.807, 2.05) is 67.8 Å². The number of benzene rings is 2. The van der Waals surface area contributed by atoms with Crippen molar-refractivity contribution >= 4 is 34.5 Å². The highest BCUT2D eigenvalue weighted by Crippen LogP contribution is 2.19. The summed E-state index contributed by atoms with van der Waals surface area (Å²) in [5.74, 6) is 0.695. The summed E-state index contributed by atoms with van der Waals surface area (Å²) >= 11 is 7.57. The molecule has 0 aliphatic heterocycles. The summed E-state index contributed by atoms with van der Waals surface area (Å²) in [4.78, 5) is 16.8. The van der Waals surface area contributed by atoms with Crippen molar-refractivity contribution in [2.75, 3.05) is 5.32 Å². The van der Waals surface area contributed by atoms with Crippen LogP contribution in [0, 0.1) is 0 Å². The van der Waals surface area contributed by atoms with Gasteiger partial charge in [-0.3, -0.25) is 4.79 Å². The Balaban J connectivity index is 1.54. The van der Waals surface area contributed by atoms with Gasteiger partial charge in [0.05, 0.1) is 23.2 Å². The van der Waals surface area contributed by atoms with E-state index in [0.29, 0.717) is 11.4 Å². The molecule has 0 saturated heterocycles. The molecule has 0 aliphatic carbocycles. The molecular weight excluding hydrogens is 380 g/mol. The number of thiazole rings is 1. The lowest BCUT2D eigenvalue weighted by Crippen LogP contribution is -2.14. The van der Waals surface area contributed by atoms with Crippen LogP contribution in [0.25, 0.3) is 0 Å². The summed E-state index contributed by atoms with van der Waals surface area (Å²) < 4.78 is 5.60. The number of amides is 1. The van der Waals surface area contributed by atoms with Gasteiger partial charge in [0.25, 0.3) is 0 Å². The van der Waals surface area contributed by atoms with Crippen molar-refractivity contribution in [1.29, 1.82) is 0 Å². The zero-order valence-corrected chi connectivity index (χ0v) is 16.8. The van der Waals surface area contributed by atoms with Gasteiger partial charge < -0.3 is 10.1 Å². The molecule has 0 fully saturated rings. The number of aromatic nitrogens is 1. The molecule has 0 unspecified atom stereocenters. The van der Waals surface area contributed by atoms with Crippen LogP contribution in [0.1, 0.15) is 30.1 Å². The highest BCUT2D eigenvalue weighted by molar-refractivity contribution is 7.09. The normalized spacial score (nSPS) is 10.8. The molecule has 4 nitrogen and oxygen atoms in total. The van der Waals surface area contributed by atoms with E-state index < -0.39 is 0 Å². The van der Waals surface area contributed by atoms with Crippen molar-refractivity contribution in [1.82, 2.24) is 4.98 Å². The summed E-state index contributed by atoms with van der Waals surface area (Å²) in [6, 6.07) is 15.1. The average molecular weight is 401 g/mol. The first kappa shape index (κ1) is 19.4. The Kier molecular flexibility index (Phi) is 6.48. The topological polar surface area (TPSA) is 51.2 Å². The number of ether oxygens (including phenoxy) is 1. The fourth-order valence-corrected chi connectivity index (χ4v) is 3.63. The van der Waals surface area contributed by atoms with Gasteiger partial charge >= 0.3 is 0 Å². The molecule has 0 spiro atoms. The molecule has 0 atom stereocenters. The molecule has 0 aliphatic rings. The zero-order valence-electron chi connectivity index (χ0n) is 15.2. The summed E-state index contributed by atoms with van der Waals surface area (Å²) in [6.45, 7) is 3.95. The number of nitrogens with zero attached hydrogens (tertiary/aromatic N) is 1. The Morgan fingerprint density at radius 3 is 2.70 bits per heavy atom. The van der Waals surface area contributed by atoms with Crippen molar-refractivity contribution in [3.8, 4) is 5.75 Å². The number of rotatable bonds is 7. The van der Waals surface area contributed by atoms with E-state index in [0.717, 1.165) is 27.7 Å². The molecule has 27 heavy (non-hydrogen) atoms. The smallest absolute Gasteiger partial charge is 0.230 e. The van der Waals surface area contributed by atoms with E-state index in [9.17, 15) is 4.79 Å². The number of nitrogens with one attached hydrogen (secondary N) is 1. The number of carbonyl (C=O) groups excluding carboxylic acids is 1. The molecule has 140 valence electrons. The van der Waals surface area contributed by atoms with Gasteiger partial charge in [-0.1, -0.05) is 23.7 Å². The Hall–Kier alpha value is -2.37. The minimum Gasteiger partial charge on any atom is -0.491 e. The van der Waals surface area contributed by atoms with Crippen LogP contribution in [0.2, 0.25) is 5.02 Å². The van der Waals surface area contributed by atoms with Crippen molar-refractivity contribution in [2.24, 2.45) is 0 Å². The third kappa shape index (κ3) is 6.08. The van der Waals surface area contributed by atoms with Crippen molar-refractivity contribution in [3.63, 3.8) is 0 Å². The van der Waals surface area contributed by atoms with Gasteiger partial charge in [-0.2, -0.15) is 0 Å². The highest BCUT2D eigenvalue weighted by atomic mass is 35.5. The summed E-state index contributed by atoms with van der Waals surface area (Å²) in [5, 5.41) is 6.50. The van der Waals surface area contributed by atoms with Crippen LogP contribution in [-0.4, -0.2) is 17.0 Å². The van der Waals surface area contributed by atoms with Crippen molar-refractivity contribution in [2.45, 2.75) is 32.8 Å². The molecule has 0 bridgehead atoms. The molecule has 1 N–H and O–H groups in total. The van der Waals surface area contributed by atoms with Crippen LogP contribution in [0.5, 0.6) is 5.75 Å². The zero-order chi connectivity index (χ0) is 19.2. The number of hydrogen-bond donors (Lipinski definition) is 1. The van der Waals surface area contributed by atoms with Gasteiger partial charge in [-0.25, -0.2) is 4.98 Å². The van der Waals surface area contributed by atoms with E-state index in [1.165, 1.54) is 0 Å². The van der Waals surface area contributed by atoms with Gasteiger partial charge in [0.15, 0.2) is 0 Å². The molecule has 2 aromatic carbocycles. The number of halogens is 1. The first-order valence-electron chi connectivity index (χ1n) is 8.72. The molecular formula is C21H21ClN2O2S. The van der Waals surface area contributed by atoms with E-state index in [2.05, 4.69) is 10.3 Å². The predicted molar refractivity (Wildman–Crippen MR) is 111 cm³/mol. The van der Waals surface area contributed by atoms with Gasteiger partial charge in [-0.05, 0) is 55.8 Å². The Bertz CT molecular complexity index is 907. The van der Waals surface area contributed by atoms with Crippen LogP contribution >= 0.6 is 22.9 Å². The maximum atomic E-state index is 12.3. The van der Waals surface area contributed by atoms with Gasteiger partial charge in [0, 0.05) is 22.5 Å². The summed E-state index contributed by atoms with van der Waals surface area (Å²) in [6.07, 6.45) is 1.08. The molecule has 0 radical (unpaired) electrons. The molecule has 1 aromatic heterocycles. The monoisotopic (exact) mass is 400 g/mol. The molecule has 1 amide bonds. The Labute approximate surface area is 168 Å². The lowest BCUT2D eigenvalue weighted by Gasteiger charge is -2.10. The third-order valence-corrected chi connectivity index (χ3v) is 4.83. The first-order chi connectivity index (χ1) is 13.0. The van der Waals surface area contributed by atoms with Gasteiger partial charge in [0.2, 0.25) is 5.91 Å². The standard InChI is InChI=1S/C21H21ClN2O2S/c1-14(2)26-19-8-6-17(7-9-19)23-20(25)12-18-13-27-21(24-18)11-15-4-3-5-16(22)10-15/h3-10,13-14H,11-12H2,1-2H3,(H,23,25). The maximum absolute atomic E-state index is 12.3. The SMILES string of the molecule is CC(C)Oc1ccc(NC(=O)Cc2csc(Cc3cccc(Cl)c3)n2)cc1. The van der Waals surface area contributed by atoms with Gasteiger partial charge in [-0.15, -0.1) is 11.3 Å². The number of carbonyl (C=O) groups is 1. The average Bonchev–Trinajstić information content (AvgIpc) is 3.03. The van der Waals surface area contributed by atoms with Crippen LogP contribution < -0.4 is 10.1 Å². The van der Waals surface area contributed by atoms with E-state index >= 15 is 0 Å². The molecule has 1 heterocycles. The Morgan fingerprint density at radius 2 is 2.00 bits per heavy atom. The second kappa shape index (κ2) is 9.02. The minimum atomic E-state index is -0.0906. The minimum absolute atomic E-state index is 0.0906. The summed E-state index contributed by atoms with van der Waals surface area (Å²) in [7, 11) is 0. The molecule has 0 saturated carbocycles. The number of hydrogen-bond acceptors (Lipinski definition) is 4. The molecule has 3 rings (SSSR count). The second-order valence-electron chi connectivity index (χ2n) is 6.46. The predicted octanol–water partition coefficient (Wildman–Crippen LogP) is 5.36. The first-order valence-corrected chi connectivity index (χ1v) is 9.98. The quantitative estimate of drug-likeness (QED) is 0.581. The van der Waals surface area contributed by atoms with E-state index in [1.54, 1.807) is 11.3 Å². The Morgan fingerprint density at radius 1 is 1.22 bits per heavy atom. The number of anilines is 1. The highest BCUT2D eigenvalue weighted by Gasteiger charge is 2.09. The largest absolute Gasteiger partial charge is 0.491 e. The van der Waals surface area contributed by atoms with Crippen LogP contribution in [0.4, 0.5) is 5.69 Å². The lowest BCUT2D eigenvalue weighted by atomic mass is 10.2. The van der Waals surface area contributed by atoms with E-state index in [-0.39, 0.29) is 18.4 Å². The molecule has 3 aromatic rings. The maximum Gasteiger partial charge on any atom is 0.230 e. The fraction of sp³-hybridized carbons (Fsp3) is 0.238. The van der Waals surface area contributed by atoms with Gasteiger partial charge in [0.1, 0.15) is 5.75 Å². The lowest BCUT2D eigenvalue weighted by molar-refractivity contribution is -0.115. The second-order valence-corrected chi connectivity index (χ2v) is 7.83. The van der Waals surface area contributed by atoms with Crippen molar-refractivity contribution in [3.05, 3.63) is 75.2 Å². The summed E-state index contributed by atoms with van der Waals surface area (Å²) in [5.41, 5.74) is 2.62. The van der Waals surface area contributed by atoms with Crippen LogP contribution in [0.15, 0.2) is 53.9 Å². The van der Waals surface area contributed by atoms with E-state index in [4.69, 9.17) is 16.3 Å². The van der Waals surface area contributed by atoms with Crippen LogP contribution in [-0.2, 0) is 17.6 Å². The van der Waals surface area contributed by atoms with Crippen LogP contribution in [0.3, 0.4) is 0 Å². The molecule has 6 heteroatoms.